The summed E-state index contributed by atoms with van der Waals surface area (Å²) in [6.07, 6.45) is 2.05. The van der Waals surface area contributed by atoms with Crippen LogP contribution in [0.4, 0.5) is 0 Å². The van der Waals surface area contributed by atoms with E-state index >= 15 is 0 Å². The van der Waals surface area contributed by atoms with E-state index < -0.39 is 23.9 Å². The Kier molecular flexibility index (Phi) is 5.12. The fraction of sp³-hybridized carbons (Fsp3) is 0.300. The molecule has 10 heteroatoms. The highest BCUT2D eigenvalue weighted by molar-refractivity contribution is 8.00. The van der Waals surface area contributed by atoms with Gasteiger partial charge >= 0.3 is 11.9 Å². The van der Waals surface area contributed by atoms with Gasteiger partial charge in [-0.3, -0.25) is 14.5 Å². The van der Waals surface area contributed by atoms with Crippen molar-refractivity contribution in [1.82, 2.24) is 9.80 Å². The molecule has 156 valence electrons. The number of rotatable bonds is 5. The van der Waals surface area contributed by atoms with Crippen LogP contribution in [0.2, 0.25) is 0 Å². The summed E-state index contributed by atoms with van der Waals surface area (Å²) in [4.78, 5) is 50.4. The van der Waals surface area contributed by atoms with Gasteiger partial charge in [0.25, 0.3) is 0 Å². The minimum absolute atomic E-state index is 0.103. The monoisotopic (exact) mass is 429 g/mol. The molecule has 2 fully saturated rings. The van der Waals surface area contributed by atoms with Gasteiger partial charge in [0, 0.05) is 24.4 Å². The Bertz CT molecular complexity index is 1020. The molecule has 0 bridgehead atoms. The number of hydrogen-bond acceptors (Lipinski definition) is 6. The van der Waals surface area contributed by atoms with E-state index in [9.17, 15) is 24.3 Å². The Hall–Kier alpha value is -3.11. The van der Waals surface area contributed by atoms with Crippen molar-refractivity contribution >= 4 is 35.5 Å². The summed E-state index contributed by atoms with van der Waals surface area (Å²) in [5.74, 6) is -2.50. The lowest BCUT2D eigenvalue weighted by molar-refractivity contribution is -0.147. The molecule has 1 aromatic rings. The average molecular weight is 429 g/mol. The lowest BCUT2D eigenvalue weighted by Crippen LogP contribution is -2.68. The van der Waals surface area contributed by atoms with Crippen molar-refractivity contribution in [3.63, 3.8) is 0 Å². The number of likely N-dealkylation sites (tertiary alicyclic amines) is 1. The number of β-lactam (4-membered cyclic amide) rings is 1. The zero-order valence-corrected chi connectivity index (χ0v) is 16.6. The molecule has 0 saturated carbocycles. The number of hydrogen-bond donors (Lipinski definition) is 3. The van der Waals surface area contributed by atoms with Crippen molar-refractivity contribution in [2.24, 2.45) is 5.73 Å². The number of nitrogens with zero attached hydrogens (tertiary/aromatic N) is 2. The van der Waals surface area contributed by atoms with Gasteiger partial charge < -0.3 is 20.8 Å². The number of fused-ring (bicyclic) bond motifs is 1. The van der Waals surface area contributed by atoms with Gasteiger partial charge in [-0.2, -0.15) is 0 Å². The van der Waals surface area contributed by atoms with Crippen LogP contribution in [-0.4, -0.2) is 67.5 Å². The summed E-state index contributed by atoms with van der Waals surface area (Å²) in [5.41, 5.74) is 7.54. The number of carboxylic acids is 2. The average Bonchev–Trinajstić information content (AvgIpc) is 3.06. The Morgan fingerprint density at radius 3 is 2.50 bits per heavy atom. The maximum absolute atomic E-state index is 12.8. The minimum Gasteiger partial charge on any atom is -0.478 e. The van der Waals surface area contributed by atoms with Crippen molar-refractivity contribution in [2.45, 2.75) is 24.4 Å². The molecular formula is C20H19N3O6S. The zero-order valence-electron chi connectivity index (χ0n) is 15.8. The Labute approximate surface area is 175 Å². The molecule has 3 aliphatic heterocycles. The predicted molar refractivity (Wildman–Crippen MR) is 107 cm³/mol. The predicted octanol–water partition coefficient (Wildman–Crippen LogP) is 0.625. The van der Waals surface area contributed by atoms with Gasteiger partial charge in [0.2, 0.25) is 11.8 Å². The lowest BCUT2D eigenvalue weighted by Gasteiger charge is -2.47. The van der Waals surface area contributed by atoms with Gasteiger partial charge in [0.15, 0.2) is 0 Å². The van der Waals surface area contributed by atoms with Crippen LogP contribution < -0.4 is 5.73 Å². The molecule has 2 amide bonds. The third kappa shape index (κ3) is 3.37. The Morgan fingerprint density at radius 2 is 1.87 bits per heavy atom. The fourth-order valence-electron chi connectivity index (χ4n) is 3.79. The van der Waals surface area contributed by atoms with Crippen LogP contribution in [-0.2, 0) is 20.9 Å². The molecule has 0 aromatic heterocycles. The summed E-state index contributed by atoms with van der Waals surface area (Å²) >= 11 is 1.39. The molecule has 1 aromatic carbocycles. The molecular weight excluding hydrogens is 410 g/mol. The largest absolute Gasteiger partial charge is 0.478 e. The first kappa shape index (κ1) is 20.2. The molecule has 0 radical (unpaired) electrons. The molecule has 0 spiro atoms. The molecule has 30 heavy (non-hydrogen) atoms. The summed E-state index contributed by atoms with van der Waals surface area (Å²) < 4.78 is 0. The molecule has 0 aliphatic carbocycles. The van der Waals surface area contributed by atoms with Gasteiger partial charge in [-0.1, -0.05) is 12.1 Å². The molecule has 0 unspecified atom stereocenters. The Balaban J connectivity index is 1.53. The number of carboxylic acid groups (broad SMARTS) is 2. The SMILES string of the molecule is N[C@@H]1C(=O)N2C(C(=O)O)=C(C=C3CCN(Cc4ccc(C(=O)O)cc4)C3=O)CS[C@H]12. The lowest BCUT2D eigenvalue weighted by atomic mass is 10.0. The molecule has 9 nitrogen and oxygen atoms in total. The van der Waals surface area contributed by atoms with Gasteiger partial charge in [0.1, 0.15) is 17.1 Å². The molecule has 2 saturated heterocycles. The number of carbonyl (C=O) groups excluding carboxylic acids is 2. The van der Waals surface area contributed by atoms with E-state index in [-0.39, 0.29) is 22.5 Å². The third-order valence-corrected chi connectivity index (χ3v) is 6.70. The number of amides is 2. The summed E-state index contributed by atoms with van der Waals surface area (Å²) in [5, 5.41) is 18.2. The van der Waals surface area contributed by atoms with Crippen LogP contribution in [0.1, 0.15) is 22.3 Å². The van der Waals surface area contributed by atoms with Crippen LogP contribution in [0.5, 0.6) is 0 Å². The number of aromatic carboxylic acids is 1. The second kappa shape index (κ2) is 7.62. The van der Waals surface area contributed by atoms with Crippen molar-refractivity contribution in [2.75, 3.05) is 12.3 Å². The molecule has 2 atom stereocenters. The number of nitrogens with two attached hydrogens (primary N) is 1. The molecule has 4 N–H and O–H groups in total. The van der Waals surface area contributed by atoms with E-state index in [1.54, 1.807) is 23.1 Å². The molecule has 4 rings (SSSR count). The summed E-state index contributed by atoms with van der Waals surface area (Å²) in [7, 11) is 0. The van der Waals surface area contributed by atoms with Crippen molar-refractivity contribution < 1.29 is 29.4 Å². The number of thioether (sulfide) groups is 1. The highest BCUT2D eigenvalue weighted by Crippen LogP contribution is 2.40. The third-order valence-electron chi connectivity index (χ3n) is 5.38. The van der Waals surface area contributed by atoms with E-state index in [1.807, 2.05) is 0 Å². The van der Waals surface area contributed by atoms with E-state index in [2.05, 4.69) is 0 Å². The van der Waals surface area contributed by atoms with Gasteiger partial charge in [-0.25, -0.2) is 9.59 Å². The quantitative estimate of drug-likeness (QED) is 0.457. The van der Waals surface area contributed by atoms with Crippen molar-refractivity contribution in [3.8, 4) is 0 Å². The van der Waals surface area contributed by atoms with Crippen molar-refractivity contribution in [3.05, 3.63) is 58.3 Å². The van der Waals surface area contributed by atoms with E-state index in [0.29, 0.717) is 36.4 Å². The minimum atomic E-state index is -1.21. The Morgan fingerprint density at radius 1 is 1.17 bits per heavy atom. The van der Waals surface area contributed by atoms with Gasteiger partial charge in [0.05, 0.1) is 5.56 Å². The first-order valence-corrected chi connectivity index (χ1v) is 10.3. The van der Waals surface area contributed by atoms with E-state index in [4.69, 9.17) is 10.8 Å². The van der Waals surface area contributed by atoms with Gasteiger partial charge in [-0.05, 0) is 35.8 Å². The first-order chi connectivity index (χ1) is 14.3. The van der Waals surface area contributed by atoms with E-state index in [0.717, 1.165) is 5.56 Å². The van der Waals surface area contributed by atoms with Crippen LogP contribution in [0.25, 0.3) is 0 Å². The standard InChI is InChI=1S/C20H19N3O6S/c21-14-17(25)23-15(20(28)29)13(9-30-18(14)23)7-12-5-6-22(16(12)24)8-10-1-3-11(4-2-10)19(26)27/h1-4,7,14,18H,5-6,8-9,21H2,(H,26,27)(H,28,29)/t14-,18-/m1/s1. The summed E-state index contributed by atoms with van der Waals surface area (Å²) in [6.45, 7) is 0.807. The summed E-state index contributed by atoms with van der Waals surface area (Å²) in [6, 6.07) is 5.61. The number of carbonyl (C=O) groups is 4. The van der Waals surface area contributed by atoms with Crippen molar-refractivity contribution in [1.29, 1.82) is 0 Å². The van der Waals surface area contributed by atoms with Crippen LogP contribution in [0.3, 0.4) is 0 Å². The zero-order chi connectivity index (χ0) is 21.6. The van der Waals surface area contributed by atoms with E-state index in [1.165, 1.54) is 28.8 Å². The van der Waals surface area contributed by atoms with Crippen LogP contribution in [0.15, 0.2) is 47.2 Å². The molecule has 3 heterocycles. The maximum atomic E-state index is 12.8. The highest BCUT2D eigenvalue weighted by atomic mass is 32.2. The van der Waals surface area contributed by atoms with Gasteiger partial charge in [-0.15, -0.1) is 11.8 Å². The molecule has 3 aliphatic rings. The topological polar surface area (TPSA) is 141 Å². The second-order valence-electron chi connectivity index (χ2n) is 7.26. The fourth-order valence-corrected chi connectivity index (χ4v) is 5.04. The highest BCUT2D eigenvalue weighted by Gasteiger charge is 2.51. The second-order valence-corrected chi connectivity index (χ2v) is 8.37. The maximum Gasteiger partial charge on any atom is 0.352 e. The van der Waals surface area contributed by atoms with Crippen LogP contribution in [0, 0.1) is 0 Å². The number of allylic oxidation sites excluding steroid dienone is 1. The number of aliphatic carboxylic acids is 1. The first-order valence-electron chi connectivity index (χ1n) is 9.26. The normalized spacial score (nSPS) is 24.9. The smallest absolute Gasteiger partial charge is 0.352 e. The van der Waals surface area contributed by atoms with Crippen LogP contribution >= 0.6 is 11.8 Å². The number of benzene rings is 1.